The molecular formula is C18H26FN3O. The van der Waals surface area contributed by atoms with E-state index in [1.807, 2.05) is 6.07 Å². The molecule has 0 amide bonds. The number of halogens is 1. The maximum absolute atomic E-state index is 13.8. The van der Waals surface area contributed by atoms with Crippen molar-refractivity contribution in [1.82, 2.24) is 4.90 Å². The van der Waals surface area contributed by atoms with Crippen LogP contribution in [0, 0.1) is 5.82 Å². The van der Waals surface area contributed by atoms with E-state index < -0.39 is 0 Å². The van der Waals surface area contributed by atoms with E-state index >= 15 is 0 Å². The monoisotopic (exact) mass is 319 g/mol. The van der Waals surface area contributed by atoms with Crippen LogP contribution in [0.15, 0.2) is 23.2 Å². The van der Waals surface area contributed by atoms with Crippen LogP contribution in [-0.2, 0) is 0 Å². The van der Waals surface area contributed by atoms with E-state index in [2.05, 4.69) is 9.89 Å². The summed E-state index contributed by atoms with van der Waals surface area (Å²) in [4.78, 5) is 6.90. The highest BCUT2D eigenvalue weighted by molar-refractivity contribution is 5.78. The summed E-state index contributed by atoms with van der Waals surface area (Å²) >= 11 is 0. The molecule has 0 aromatic heterocycles. The van der Waals surface area contributed by atoms with Gasteiger partial charge in [-0.15, -0.1) is 0 Å². The predicted octanol–water partition coefficient (Wildman–Crippen LogP) is 3.27. The number of nitrogens with two attached hydrogens (primary N) is 1. The Morgan fingerprint density at radius 3 is 2.52 bits per heavy atom. The number of methoxy groups -OCH3 is 1. The second kappa shape index (κ2) is 7.20. The molecule has 0 unspecified atom stereocenters. The normalized spacial score (nSPS) is 25.7. The Balaban J connectivity index is 1.56. The molecule has 1 aliphatic carbocycles. The molecule has 0 atom stereocenters. The molecule has 2 aliphatic rings. The van der Waals surface area contributed by atoms with Gasteiger partial charge in [0.2, 0.25) is 0 Å². The second-order valence-corrected chi connectivity index (χ2v) is 6.60. The van der Waals surface area contributed by atoms with Gasteiger partial charge in [0, 0.05) is 13.1 Å². The van der Waals surface area contributed by atoms with E-state index in [-0.39, 0.29) is 11.9 Å². The number of rotatable bonds is 3. The maximum Gasteiger partial charge on any atom is 0.191 e. The predicted molar refractivity (Wildman–Crippen MR) is 90.4 cm³/mol. The zero-order valence-electron chi connectivity index (χ0n) is 13.8. The third kappa shape index (κ3) is 3.77. The molecule has 1 saturated heterocycles. The van der Waals surface area contributed by atoms with Crippen LogP contribution >= 0.6 is 0 Å². The van der Waals surface area contributed by atoms with Crippen LogP contribution in [0.2, 0.25) is 0 Å². The number of aliphatic imine (C=N–C) groups is 1. The first-order chi connectivity index (χ1) is 11.2. The zero-order valence-corrected chi connectivity index (χ0v) is 13.8. The lowest BCUT2D eigenvalue weighted by atomic mass is 9.76. The van der Waals surface area contributed by atoms with Crippen LogP contribution < -0.4 is 10.5 Å². The lowest BCUT2D eigenvalue weighted by Gasteiger charge is -2.34. The van der Waals surface area contributed by atoms with Crippen molar-refractivity contribution in [3.8, 4) is 5.75 Å². The van der Waals surface area contributed by atoms with Crippen LogP contribution in [0.5, 0.6) is 5.75 Å². The lowest BCUT2D eigenvalue weighted by molar-refractivity contribution is 0.341. The van der Waals surface area contributed by atoms with Crippen LogP contribution in [0.1, 0.15) is 50.0 Å². The zero-order chi connectivity index (χ0) is 16.2. The van der Waals surface area contributed by atoms with Gasteiger partial charge in [0.15, 0.2) is 17.5 Å². The summed E-state index contributed by atoms with van der Waals surface area (Å²) in [5, 5.41) is 0. The Labute approximate surface area is 137 Å². The first-order valence-electron chi connectivity index (χ1n) is 8.59. The summed E-state index contributed by atoms with van der Waals surface area (Å²) in [5.74, 6) is 1.08. The van der Waals surface area contributed by atoms with Crippen LogP contribution in [0.4, 0.5) is 4.39 Å². The Bertz CT molecular complexity index is 561. The average molecular weight is 319 g/mol. The summed E-state index contributed by atoms with van der Waals surface area (Å²) < 4.78 is 18.7. The summed E-state index contributed by atoms with van der Waals surface area (Å²) in [6.07, 6.45) is 6.88. The molecule has 1 aromatic rings. The quantitative estimate of drug-likeness (QED) is 0.687. The van der Waals surface area contributed by atoms with Crippen molar-refractivity contribution < 1.29 is 9.13 Å². The van der Waals surface area contributed by atoms with Crippen molar-refractivity contribution in [2.45, 2.75) is 50.5 Å². The second-order valence-electron chi connectivity index (χ2n) is 6.60. The SMILES string of the molecule is COc1ccc(C2CC(N=C(N)N3CCCCCC3)C2)cc1F. The van der Waals surface area contributed by atoms with Gasteiger partial charge < -0.3 is 15.4 Å². The highest BCUT2D eigenvalue weighted by Crippen LogP contribution is 2.39. The van der Waals surface area contributed by atoms with E-state index in [0.29, 0.717) is 17.6 Å². The number of likely N-dealkylation sites (tertiary alicyclic amines) is 1. The van der Waals surface area contributed by atoms with Crippen molar-refractivity contribution in [2.24, 2.45) is 10.7 Å². The Morgan fingerprint density at radius 1 is 1.22 bits per heavy atom. The molecule has 4 nitrogen and oxygen atoms in total. The molecule has 1 saturated carbocycles. The fourth-order valence-electron chi connectivity index (χ4n) is 3.47. The van der Waals surface area contributed by atoms with Crippen molar-refractivity contribution in [2.75, 3.05) is 20.2 Å². The van der Waals surface area contributed by atoms with E-state index in [1.165, 1.54) is 32.8 Å². The number of ether oxygens (including phenoxy) is 1. The van der Waals surface area contributed by atoms with E-state index in [1.54, 1.807) is 12.1 Å². The van der Waals surface area contributed by atoms with Crippen LogP contribution in [0.25, 0.3) is 0 Å². The topological polar surface area (TPSA) is 50.9 Å². The van der Waals surface area contributed by atoms with E-state index in [4.69, 9.17) is 10.5 Å². The van der Waals surface area contributed by atoms with Gasteiger partial charge in [-0.3, -0.25) is 0 Å². The number of hydrogen-bond donors (Lipinski definition) is 1. The molecule has 2 N–H and O–H groups in total. The van der Waals surface area contributed by atoms with Crippen molar-refractivity contribution in [3.05, 3.63) is 29.6 Å². The molecule has 1 aromatic carbocycles. The van der Waals surface area contributed by atoms with Gasteiger partial charge in [-0.2, -0.15) is 0 Å². The van der Waals surface area contributed by atoms with E-state index in [9.17, 15) is 4.39 Å². The third-order valence-electron chi connectivity index (χ3n) is 5.01. The smallest absolute Gasteiger partial charge is 0.191 e. The highest BCUT2D eigenvalue weighted by atomic mass is 19.1. The highest BCUT2D eigenvalue weighted by Gasteiger charge is 2.31. The molecule has 0 spiro atoms. The Kier molecular flexibility index (Phi) is 5.03. The van der Waals surface area contributed by atoms with E-state index in [0.717, 1.165) is 31.5 Å². The summed E-state index contributed by atoms with van der Waals surface area (Å²) in [6, 6.07) is 5.51. The van der Waals surface area contributed by atoms with Gasteiger partial charge >= 0.3 is 0 Å². The minimum atomic E-state index is -0.291. The average Bonchev–Trinajstić information content (AvgIpc) is 2.79. The number of hydrogen-bond acceptors (Lipinski definition) is 2. The Morgan fingerprint density at radius 2 is 1.91 bits per heavy atom. The molecule has 23 heavy (non-hydrogen) atoms. The van der Waals surface area contributed by atoms with Gasteiger partial charge in [0.25, 0.3) is 0 Å². The molecule has 1 aliphatic heterocycles. The van der Waals surface area contributed by atoms with Crippen molar-refractivity contribution in [1.29, 1.82) is 0 Å². The molecule has 0 radical (unpaired) electrons. The van der Waals surface area contributed by atoms with Gasteiger partial charge in [0.1, 0.15) is 0 Å². The summed E-state index contributed by atoms with van der Waals surface area (Å²) in [5.41, 5.74) is 7.20. The Hall–Kier alpha value is -1.78. The lowest BCUT2D eigenvalue weighted by Crippen LogP contribution is -2.40. The molecule has 126 valence electrons. The standard InChI is InChI=1S/C18H26FN3O/c1-23-17-7-6-13(12-16(17)19)14-10-15(11-14)21-18(20)22-8-4-2-3-5-9-22/h6-7,12,14-15H,2-5,8-11H2,1H3,(H2,20,21). The summed E-state index contributed by atoms with van der Waals surface area (Å²) in [6.45, 7) is 2.05. The van der Waals surface area contributed by atoms with Crippen molar-refractivity contribution >= 4 is 5.96 Å². The van der Waals surface area contributed by atoms with Gasteiger partial charge in [-0.1, -0.05) is 18.9 Å². The minimum absolute atomic E-state index is 0.272. The molecular weight excluding hydrogens is 293 g/mol. The summed E-state index contributed by atoms with van der Waals surface area (Å²) in [7, 11) is 1.48. The van der Waals surface area contributed by atoms with Crippen LogP contribution in [0.3, 0.4) is 0 Å². The van der Waals surface area contributed by atoms with Gasteiger partial charge in [-0.25, -0.2) is 9.38 Å². The number of benzene rings is 1. The molecule has 3 rings (SSSR count). The molecule has 2 fully saturated rings. The number of nitrogens with zero attached hydrogens (tertiary/aromatic N) is 2. The molecule has 0 bridgehead atoms. The van der Waals surface area contributed by atoms with Gasteiger partial charge in [-0.05, 0) is 49.3 Å². The molecule has 1 heterocycles. The minimum Gasteiger partial charge on any atom is -0.494 e. The van der Waals surface area contributed by atoms with Crippen molar-refractivity contribution in [3.63, 3.8) is 0 Å². The van der Waals surface area contributed by atoms with Gasteiger partial charge in [0.05, 0.1) is 13.2 Å². The first-order valence-corrected chi connectivity index (χ1v) is 8.59. The number of guanidine groups is 1. The fraction of sp³-hybridized carbons (Fsp3) is 0.611. The van der Waals surface area contributed by atoms with Crippen LogP contribution in [-0.4, -0.2) is 37.1 Å². The fourth-order valence-corrected chi connectivity index (χ4v) is 3.47. The maximum atomic E-state index is 13.8. The third-order valence-corrected chi connectivity index (χ3v) is 5.01. The first kappa shape index (κ1) is 16.1. The largest absolute Gasteiger partial charge is 0.494 e. The molecule has 5 heteroatoms.